The predicted octanol–water partition coefficient (Wildman–Crippen LogP) is 3.23. The van der Waals surface area contributed by atoms with E-state index in [1.165, 1.54) is 19.2 Å². The number of nitrogens with zero attached hydrogens (tertiary/aromatic N) is 1. The van der Waals surface area contributed by atoms with Crippen LogP contribution in [0, 0.1) is 0 Å². The van der Waals surface area contributed by atoms with E-state index in [4.69, 9.17) is 33.7 Å². The van der Waals surface area contributed by atoms with Gasteiger partial charge < -0.3 is 15.8 Å². The third-order valence-electron chi connectivity index (χ3n) is 2.50. The molecule has 0 bridgehead atoms. The number of halogens is 2. The number of methoxy groups -OCH3 is 1. The van der Waals surface area contributed by atoms with Gasteiger partial charge in [-0.1, -0.05) is 23.2 Å². The summed E-state index contributed by atoms with van der Waals surface area (Å²) < 4.78 is 5.07. The molecule has 1 aromatic heterocycles. The first-order valence-corrected chi connectivity index (χ1v) is 6.33. The van der Waals surface area contributed by atoms with Crippen molar-refractivity contribution in [3.63, 3.8) is 0 Å². The van der Waals surface area contributed by atoms with E-state index in [1.807, 2.05) is 0 Å². The Morgan fingerprint density at radius 2 is 1.95 bits per heavy atom. The smallest absolute Gasteiger partial charge is 0.275 e. The van der Waals surface area contributed by atoms with Gasteiger partial charge in [-0.15, -0.1) is 0 Å². The molecule has 0 aliphatic heterocycles. The minimum absolute atomic E-state index is 0.0329. The first-order chi connectivity index (χ1) is 9.51. The molecule has 0 aliphatic carbocycles. The molecule has 5 nitrogen and oxygen atoms in total. The van der Waals surface area contributed by atoms with Crippen LogP contribution in [0.25, 0.3) is 0 Å². The molecule has 0 spiro atoms. The average Bonchev–Trinajstić information content (AvgIpc) is 2.43. The number of amides is 1. The van der Waals surface area contributed by atoms with E-state index >= 15 is 0 Å². The van der Waals surface area contributed by atoms with Crippen LogP contribution in [0.3, 0.4) is 0 Å². The summed E-state index contributed by atoms with van der Waals surface area (Å²) in [6.07, 6.45) is 0. The van der Waals surface area contributed by atoms with Gasteiger partial charge in [0.1, 0.15) is 17.3 Å². The van der Waals surface area contributed by atoms with Crippen molar-refractivity contribution in [2.45, 2.75) is 0 Å². The Morgan fingerprint density at radius 3 is 2.65 bits per heavy atom. The molecular formula is C13H11Cl2N3O2. The number of nitrogens with one attached hydrogen (secondary N) is 1. The second-order valence-corrected chi connectivity index (χ2v) is 4.68. The molecule has 20 heavy (non-hydrogen) atoms. The first-order valence-electron chi connectivity index (χ1n) is 5.58. The summed E-state index contributed by atoms with van der Waals surface area (Å²) in [4.78, 5) is 16.0. The van der Waals surface area contributed by atoms with Gasteiger partial charge in [-0.25, -0.2) is 4.98 Å². The number of nitrogens with two attached hydrogens (primary N) is 1. The molecule has 1 heterocycles. The molecule has 0 radical (unpaired) electrons. The molecule has 0 unspecified atom stereocenters. The summed E-state index contributed by atoms with van der Waals surface area (Å²) in [5.41, 5.74) is 5.97. The Bertz CT molecular complexity index is 662. The molecule has 3 N–H and O–H groups in total. The first kappa shape index (κ1) is 14.4. The Kier molecular flexibility index (Phi) is 4.32. The number of rotatable bonds is 3. The van der Waals surface area contributed by atoms with Crippen LogP contribution >= 0.6 is 23.2 Å². The lowest BCUT2D eigenvalue weighted by atomic mass is 10.2. The number of carbonyl (C=O) groups is 1. The normalized spacial score (nSPS) is 10.2. The summed E-state index contributed by atoms with van der Waals surface area (Å²) in [6, 6.07) is 7.91. The van der Waals surface area contributed by atoms with Crippen molar-refractivity contribution >= 4 is 40.6 Å². The molecule has 2 aromatic rings. The quantitative estimate of drug-likeness (QED) is 0.912. The standard InChI is InChI=1S/C13H11Cl2N3O2/c1-20-7-2-3-8(14)10(6-7)17-13(19)12-9(15)4-5-11(16)18-12/h2-6H,1H3,(H2,16,18)(H,17,19). The maximum atomic E-state index is 12.1. The van der Waals surface area contributed by atoms with Gasteiger partial charge in [0.05, 0.1) is 22.8 Å². The predicted molar refractivity (Wildman–Crippen MR) is 79.6 cm³/mol. The summed E-state index contributed by atoms with van der Waals surface area (Å²) in [7, 11) is 1.52. The number of anilines is 2. The van der Waals surface area contributed by atoms with Gasteiger partial charge >= 0.3 is 0 Å². The Labute approximate surface area is 125 Å². The van der Waals surface area contributed by atoms with Gasteiger partial charge in [0, 0.05) is 6.07 Å². The maximum absolute atomic E-state index is 12.1. The van der Waals surface area contributed by atoms with Gasteiger partial charge in [0.2, 0.25) is 0 Å². The van der Waals surface area contributed by atoms with Gasteiger partial charge in [0.15, 0.2) is 0 Å². The molecule has 1 aromatic carbocycles. The van der Waals surface area contributed by atoms with Crippen LogP contribution in [0.4, 0.5) is 11.5 Å². The van der Waals surface area contributed by atoms with Crippen LogP contribution in [0.5, 0.6) is 5.75 Å². The van der Waals surface area contributed by atoms with Gasteiger partial charge in [0.25, 0.3) is 5.91 Å². The fourth-order valence-electron chi connectivity index (χ4n) is 1.53. The topological polar surface area (TPSA) is 77.2 Å². The van der Waals surface area contributed by atoms with E-state index in [1.54, 1.807) is 18.2 Å². The van der Waals surface area contributed by atoms with Crippen molar-refractivity contribution < 1.29 is 9.53 Å². The SMILES string of the molecule is COc1ccc(Cl)c(NC(=O)c2nc(N)ccc2Cl)c1. The van der Waals surface area contributed by atoms with E-state index in [-0.39, 0.29) is 16.5 Å². The second kappa shape index (κ2) is 5.98. The van der Waals surface area contributed by atoms with Crippen LogP contribution < -0.4 is 15.8 Å². The molecule has 0 atom stereocenters. The van der Waals surface area contributed by atoms with E-state index in [0.717, 1.165) is 0 Å². The van der Waals surface area contributed by atoms with Gasteiger partial charge in [-0.2, -0.15) is 0 Å². The van der Waals surface area contributed by atoms with Crippen molar-refractivity contribution in [2.24, 2.45) is 0 Å². The van der Waals surface area contributed by atoms with Crippen LogP contribution in [0.2, 0.25) is 10.0 Å². The highest BCUT2D eigenvalue weighted by atomic mass is 35.5. The molecule has 7 heteroatoms. The largest absolute Gasteiger partial charge is 0.497 e. The van der Waals surface area contributed by atoms with Crippen molar-refractivity contribution in [3.8, 4) is 5.75 Å². The van der Waals surface area contributed by atoms with Gasteiger partial charge in [-0.05, 0) is 24.3 Å². The number of aromatic nitrogens is 1. The number of pyridine rings is 1. The summed E-state index contributed by atoms with van der Waals surface area (Å²) in [6.45, 7) is 0. The number of benzene rings is 1. The highest BCUT2D eigenvalue weighted by Crippen LogP contribution is 2.27. The average molecular weight is 312 g/mol. The minimum atomic E-state index is -0.502. The molecule has 0 saturated heterocycles. The lowest BCUT2D eigenvalue weighted by Crippen LogP contribution is -2.15. The molecule has 0 saturated carbocycles. The van der Waals surface area contributed by atoms with Crippen molar-refractivity contribution in [1.82, 2.24) is 4.98 Å². The molecule has 1 amide bonds. The zero-order valence-corrected chi connectivity index (χ0v) is 12.0. The molecule has 0 fully saturated rings. The number of hydrogen-bond acceptors (Lipinski definition) is 4. The van der Waals surface area contributed by atoms with E-state index < -0.39 is 5.91 Å². The maximum Gasteiger partial charge on any atom is 0.275 e. The van der Waals surface area contributed by atoms with E-state index in [0.29, 0.717) is 16.5 Å². The Morgan fingerprint density at radius 1 is 1.25 bits per heavy atom. The van der Waals surface area contributed by atoms with Crippen LogP contribution in [0.1, 0.15) is 10.5 Å². The second-order valence-electron chi connectivity index (χ2n) is 3.87. The van der Waals surface area contributed by atoms with E-state index in [9.17, 15) is 4.79 Å². The zero-order valence-electron chi connectivity index (χ0n) is 10.5. The fraction of sp³-hybridized carbons (Fsp3) is 0.0769. The van der Waals surface area contributed by atoms with E-state index in [2.05, 4.69) is 10.3 Å². The monoisotopic (exact) mass is 311 g/mol. The van der Waals surface area contributed by atoms with Gasteiger partial charge in [-0.3, -0.25) is 4.79 Å². The molecule has 0 aliphatic rings. The van der Waals surface area contributed by atoms with Crippen molar-refractivity contribution in [3.05, 3.63) is 46.1 Å². The van der Waals surface area contributed by atoms with Crippen molar-refractivity contribution in [1.29, 1.82) is 0 Å². The highest BCUT2D eigenvalue weighted by molar-refractivity contribution is 6.35. The fourth-order valence-corrected chi connectivity index (χ4v) is 1.88. The van der Waals surface area contributed by atoms with Crippen LogP contribution in [-0.4, -0.2) is 18.0 Å². The minimum Gasteiger partial charge on any atom is -0.497 e. The highest BCUT2D eigenvalue weighted by Gasteiger charge is 2.14. The summed E-state index contributed by atoms with van der Waals surface area (Å²) >= 11 is 11.9. The zero-order chi connectivity index (χ0) is 14.7. The molecule has 2 rings (SSSR count). The van der Waals surface area contributed by atoms with Crippen LogP contribution in [0.15, 0.2) is 30.3 Å². The summed E-state index contributed by atoms with van der Waals surface area (Å²) in [5.74, 6) is 0.269. The van der Waals surface area contributed by atoms with Crippen molar-refractivity contribution in [2.75, 3.05) is 18.2 Å². The van der Waals surface area contributed by atoms with Crippen LogP contribution in [-0.2, 0) is 0 Å². The number of hydrogen-bond donors (Lipinski definition) is 2. The number of carbonyl (C=O) groups excluding carboxylic acids is 1. The lowest BCUT2D eigenvalue weighted by molar-refractivity contribution is 0.102. The number of nitrogen functional groups attached to an aromatic ring is 1. The Balaban J connectivity index is 2.30. The lowest BCUT2D eigenvalue weighted by Gasteiger charge is -2.09. The molecular weight excluding hydrogens is 301 g/mol. The number of ether oxygens (including phenoxy) is 1. The third kappa shape index (κ3) is 3.12. The Hall–Kier alpha value is -1.98. The summed E-state index contributed by atoms with van der Waals surface area (Å²) in [5, 5.41) is 3.19. The third-order valence-corrected chi connectivity index (χ3v) is 3.14. The molecule has 104 valence electrons.